The highest BCUT2D eigenvalue weighted by molar-refractivity contribution is 7.92. The van der Waals surface area contributed by atoms with Gasteiger partial charge in [0.05, 0.1) is 11.9 Å². The van der Waals surface area contributed by atoms with Gasteiger partial charge >= 0.3 is 0 Å². The summed E-state index contributed by atoms with van der Waals surface area (Å²) in [5, 5.41) is 3.29. The lowest BCUT2D eigenvalue weighted by Crippen LogP contribution is -2.40. The molecule has 0 fully saturated rings. The van der Waals surface area contributed by atoms with E-state index in [1.165, 1.54) is 18.2 Å². The van der Waals surface area contributed by atoms with Crippen LogP contribution < -0.4 is 9.62 Å². The third kappa shape index (κ3) is 5.92. The predicted molar refractivity (Wildman–Crippen MR) is 102 cm³/mol. The Balaban J connectivity index is 2.11. The van der Waals surface area contributed by atoms with Gasteiger partial charge in [0.25, 0.3) is 0 Å². The molecule has 0 aromatic heterocycles. The third-order valence-corrected chi connectivity index (χ3v) is 5.01. The molecule has 0 radical (unpaired) electrons. The van der Waals surface area contributed by atoms with Crippen molar-refractivity contribution in [2.45, 2.75) is 13.5 Å². The summed E-state index contributed by atoms with van der Waals surface area (Å²) in [6, 6.07) is 12.1. The number of sulfonamides is 1. The fourth-order valence-electron chi connectivity index (χ4n) is 2.18. The highest BCUT2D eigenvalue weighted by Gasteiger charge is 2.21. The summed E-state index contributed by atoms with van der Waals surface area (Å²) in [4.78, 5) is 12.2. The highest BCUT2D eigenvalue weighted by atomic mass is 35.5. The molecule has 0 aliphatic heterocycles. The van der Waals surface area contributed by atoms with E-state index in [1.807, 2.05) is 31.2 Å². The van der Waals surface area contributed by atoms with Crippen molar-refractivity contribution in [1.29, 1.82) is 0 Å². The lowest BCUT2D eigenvalue weighted by atomic mass is 10.1. The van der Waals surface area contributed by atoms with Gasteiger partial charge in [-0.2, -0.15) is 0 Å². The van der Waals surface area contributed by atoms with Crippen LogP contribution in [0.3, 0.4) is 0 Å². The number of nitrogens with zero attached hydrogens (tertiary/aromatic N) is 1. The largest absolute Gasteiger partial charge is 0.350 e. The second-order valence-electron chi connectivity index (χ2n) is 5.66. The number of carbonyl (C=O) groups is 1. The zero-order chi connectivity index (χ0) is 18.6. The lowest BCUT2D eigenvalue weighted by Gasteiger charge is -2.22. The number of benzene rings is 2. The van der Waals surface area contributed by atoms with E-state index in [2.05, 4.69) is 5.32 Å². The second kappa shape index (κ2) is 8.08. The summed E-state index contributed by atoms with van der Waals surface area (Å²) in [6.45, 7) is 1.93. The van der Waals surface area contributed by atoms with Gasteiger partial charge in [0, 0.05) is 16.6 Å². The average Bonchev–Trinajstić information content (AvgIpc) is 2.50. The van der Waals surface area contributed by atoms with E-state index in [0.29, 0.717) is 6.54 Å². The van der Waals surface area contributed by atoms with Crippen LogP contribution >= 0.6 is 23.2 Å². The van der Waals surface area contributed by atoms with E-state index in [-0.39, 0.29) is 22.3 Å². The van der Waals surface area contributed by atoms with E-state index in [1.54, 1.807) is 0 Å². The van der Waals surface area contributed by atoms with E-state index in [9.17, 15) is 13.2 Å². The van der Waals surface area contributed by atoms with Crippen LogP contribution in [-0.2, 0) is 21.4 Å². The molecule has 2 aromatic carbocycles. The molecule has 0 aliphatic rings. The molecule has 25 heavy (non-hydrogen) atoms. The van der Waals surface area contributed by atoms with Crippen molar-refractivity contribution in [1.82, 2.24) is 5.32 Å². The molecule has 8 heteroatoms. The van der Waals surface area contributed by atoms with E-state index >= 15 is 0 Å². The molecule has 0 aliphatic carbocycles. The van der Waals surface area contributed by atoms with Gasteiger partial charge in [-0.1, -0.05) is 53.0 Å². The van der Waals surface area contributed by atoms with Crippen molar-refractivity contribution in [3.05, 3.63) is 63.6 Å². The van der Waals surface area contributed by atoms with Crippen molar-refractivity contribution in [2.24, 2.45) is 0 Å². The molecule has 0 atom stereocenters. The van der Waals surface area contributed by atoms with Crippen LogP contribution in [0, 0.1) is 6.92 Å². The molecule has 0 saturated carbocycles. The van der Waals surface area contributed by atoms with Gasteiger partial charge in [-0.15, -0.1) is 0 Å². The fourth-order valence-corrected chi connectivity index (χ4v) is 3.53. The molecule has 0 unspecified atom stereocenters. The van der Waals surface area contributed by atoms with Crippen LogP contribution in [0.5, 0.6) is 0 Å². The summed E-state index contributed by atoms with van der Waals surface area (Å²) in [7, 11) is -3.68. The minimum absolute atomic E-state index is 0.241. The van der Waals surface area contributed by atoms with Gasteiger partial charge in [-0.3, -0.25) is 9.10 Å². The molecule has 0 spiro atoms. The summed E-state index contributed by atoms with van der Waals surface area (Å²) in [6.07, 6.45) is 1.02. The maximum Gasteiger partial charge on any atom is 0.241 e. The Morgan fingerprint density at radius 1 is 1.08 bits per heavy atom. The Bertz CT molecular complexity index is 848. The topological polar surface area (TPSA) is 66.5 Å². The Labute approximate surface area is 157 Å². The van der Waals surface area contributed by atoms with Gasteiger partial charge in [-0.25, -0.2) is 8.42 Å². The molecule has 1 amide bonds. The molecule has 134 valence electrons. The second-order valence-corrected chi connectivity index (χ2v) is 8.44. The molecule has 2 aromatic rings. The minimum atomic E-state index is -3.68. The number of hydrogen-bond acceptors (Lipinski definition) is 3. The van der Waals surface area contributed by atoms with Crippen LogP contribution in [0.2, 0.25) is 10.0 Å². The van der Waals surface area contributed by atoms with Crippen molar-refractivity contribution in [3.8, 4) is 0 Å². The Kier molecular flexibility index (Phi) is 6.32. The Morgan fingerprint density at radius 2 is 1.64 bits per heavy atom. The maximum absolute atomic E-state index is 12.2. The Hall–Kier alpha value is -1.76. The van der Waals surface area contributed by atoms with Crippen molar-refractivity contribution in [2.75, 3.05) is 17.1 Å². The van der Waals surface area contributed by atoms with Gasteiger partial charge in [0.2, 0.25) is 15.9 Å². The molecule has 2 rings (SSSR count). The number of anilines is 1. The van der Waals surface area contributed by atoms with E-state index in [0.717, 1.165) is 21.7 Å². The van der Waals surface area contributed by atoms with Crippen LogP contribution in [0.1, 0.15) is 11.1 Å². The minimum Gasteiger partial charge on any atom is -0.350 e. The normalized spacial score (nSPS) is 11.2. The van der Waals surface area contributed by atoms with Crippen molar-refractivity contribution < 1.29 is 13.2 Å². The zero-order valence-corrected chi connectivity index (χ0v) is 16.1. The summed E-state index contributed by atoms with van der Waals surface area (Å²) >= 11 is 11.9. The van der Waals surface area contributed by atoms with Gasteiger partial charge < -0.3 is 5.32 Å². The first-order chi connectivity index (χ1) is 11.6. The van der Waals surface area contributed by atoms with Crippen LogP contribution in [0.15, 0.2) is 42.5 Å². The molecular weight excluding hydrogens is 383 g/mol. The molecule has 0 heterocycles. The molecule has 0 bridgehead atoms. The highest BCUT2D eigenvalue weighted by Crippen LogP contribution is 2.26. The van der Waals surface area contributed by atoms with Crippen LogP contribution in [0.25, 0.3) is 0 Å². The summed E-state index contributed by atoms with van der Waals surface area (Å²) in [5.74, 6) is -0.429. The van der Waals surface area contributed by atoms with Crippen molar-refractivity contribution in [3.63, 3.8) is 0 Å². The number of halogens is 2. The van der Waals surface area contributed by atoms with Gasteiger partial charge in [-0.05, 0) is 30.7 Å². The third-order valence-electron chi connectivity index (χ3n) is 3.43. The Morgan fingerprint density at radius 3 is 2.16 bits per heavy atom. The smallest absolute Gasteiger partial charge is 0.241 e. The maximum atomic E-state index is 12.2. The fraction of sp³-hybridized carbons (Fsp3) is 0.235. The SMILES string of the molecule is Cc1ccc(CNC(=O)CN(c2cc(Cl)cc(Cl)c2)S(C)(=O)=O)cc1. The van der Waals surface area contributed by atoms with Crippen LogP contribution in [-0.4, -0.2) is 27.1 Å². The molecule has 1 N–H and O–H groups in total. The quantitative estimate of drug-likeness (QED) is 0.807. The zero-order valence-electron chi connectivity index (χ0n) is 13.8. The number of carbonyl (C=O) groups excluding carboxylic acids is 1. The molecular formula is C17H18Cl2N2O3S. The predicted octanol–water partition coefficient (Wildman–Crippen LogP) is 3.38. The standard InChI is InChI=1S/C17H18Cl2N2O3S/c1-12-3-5-13(6-4-12)10-20-17(22)11-21(25(2,23)24)16-8-14(18)7-15(19)9-16/h3-9H,10-11H2,1-2H3,(H,20,22). The summed E-state index contributed by atoms with van der Waals surface area (Å²) < 4.78 is 25.1. The first-order valence-corrected chi connectivity index (χ1v) is 10.0. The number of rotatable bonds is 6. The van der Waals surface area contributed by atoms with E-state index < -0.39 is 15.9 Å². The summed E-state index contributed by atoms with van der Waals surface area (Å²) in [5.41, 5.74) is 2.29. The first kappa shape index (κ1) is 19.6. The van der Waals surface area contributed by atoms with E-state index in [4.69, 9.17) is 23.2 Å². The van der Waals surface area contributed by atoms with Crippen LogP contribution in [0.4, 0.5) is 5.69 Å². The lowest BCUT2D eigenvalue weighted by molar-refractivity contribution is -0.119. The first-order valence-electron chi connectivity index (χ1n) is 7.41. The number of aryl methyl sites for hydroxylation is 1. The monoisotopic (exact) mass is 400 g/mol. The number of hydrogen-bond donors (Lipinski definition) is 1. The van der Waals surface area contributed by atoms with Gasteiger partial charge in [0.1, 0.15) is 6.54 Å². The average molecular weight is 401 g/mol. The number of nitrogens with one attached hydrogen (secondary N) is 1. The number of amides is 1. The molecule has 5 nitrogen and oxygen atoms in total. The van der Waals surface area contributed by atoms with Gasteiger partial charge in [0.15, 0.2) is 0 Å². The molecule has 0 saturated heterocycles. The van der Waals surface area contributed by atoms with Crippen molar-refractivity contribution >= 4 is 44.8 Å².